The van der Waals surface area contributed by atoms with Gasteiger partial charge in [0.2, 0.25) is 5.91 Å². The number of halogens is 1. The van der Waals surface area contributed by atoms with Crippen LogP contribution in [0.3, 0.4) is 0 Å². The molecule has 1 amide bonds. The highest BCUT2D eigenvalue weighted by Gasteiger charge is 2.33. The van der Waals surface area contributed by atoms with Crippen LogP contribution in [0.2, 0.25) is 0 Å². The second-order valence-electron chi connectivity index (χ2n) is 6.02. The lowest BCUT2D eigenvalue weighted by Gasteiger charge is -2.37. The molecule has 1 unspecified atom stereocenters. The Morgan fingerprint density at radius 3 is 2.48 bits per heavy atom. The third-order valence-corrected chi connectivity index (χ3v) is 5.41. The minimum Gasteiger partial charge on any atom is -0.384 e. The smallest absolute Gasteiger partial charge is 0.233 e. The standard InChI is InChI=1S/C15H30N2O2S.ClH/c1-5-20-13(12(2)3)14(18)17-10-15(11-19-4)6-8-16-9-7-15;/h12-13,16H,5-11H2,1-4H3,(H,17,18);1H. The Kier molecular flexibility index (Phi) is 10.7. The lowest BCUT2D eigenvalue weighted by molar-refractivity contribution is -0.122. The molecule has 2 N–H and O–H groups in total. The van der Waals surface area contributed by atoms with E-state index in [0.717, 1.165) is 44.8 Å². The SMILES string of the molecule is CCSC(C(=O)NCC1(COC)CCNCC1)C(C)C.Cl. The Labute approximate surface area is 139 Å². The van der Waals surface area contributed by atoms with Crippen LogP contribution in [0.4, 0.5) is 0 Å². The predicted octanol–water partition coefficient (Wildman–Crippen LogP) is 2.32. The van der Waals surface area contributed by atoms with Crippen LogP contribution in [-0.2, 0) is 9.53 Å². The van der Waals surface area contributed by atoms with Gasteiger partial charge in [-0.15, -0.1) is 24.2 Å². The second-order valence-corrected chi connectivity index (χ2v) is 7.44. The van der Waals surface area contributed by atoms with Crippen LogP contribution in [0.1, 0.15) is 33.6 Å². The number of thioether (sulfide) groups is 1. The van der Waals surface area contributed by atoms with Gasteiger partial charge in [-0.1, -0.05) is 20.8 Å². The monoisotopic (exact) mass is 338 g/mol. The van der Waals surface area contributed by atoms with Crippen molar-refractivity contribution >= 4 is 30.1 Å². The molecule has 1 rings (SSSR count). The average molecular weight is 339 g/mol. The zero-order valence-electron chi connectivity index (χ0n) is 13.7. The van der Waals surface area contributed by atoms with Gasteiger partial charge >= 0.3 is 0 Å². The summed E-state index contributed by atoms with van der Waals surface area (Å²) >= 11 is 1.74. The molecule has 0 spiro atoms. The molecule has 0 bridgehead atoms. The molecule has 0 radical (unpaired) electrons. The van der Waals surface area contributed by atoms with Crippen LogP contribution in [0.15, 0.2) is 0 Å². The van der Waals surface area contributed by atoms with Crippen molar-refractivity contribution in [3.63, 3.8) is 0 Å². The van der Waals surface area contributed by atoms with E-state index in [9.17, 15) is 4.79 Å². The summed E-state index contributed by atoms with van der Waals surface area (Å²) in [5.41, 5.74) is 0.105. The van der Waals surface area contributed by atoms with Crippen molar-refractivity contribution in [1.29, 1.82) is 0 Å². The van der Waals surface area contributed by atoms with Crippen molar-refractivity contribution < 1.29 is 9.53 Å². The van der Waals surface area contributed by atoms with Crippen LogP contribution >= 0.6 is 24.2 Å². The van der Waals surface area contributed by atoms with Crippen LogP contribution in [0, 0.1) is 11.3 Å². The average Bonchev–Trinajstić information content (AvgIpc) is 2.43. The summed E-state index contributed by atoms with van der Waals surface area (Å²) < 4.78 is 5.39. The van der Waals surface area contributed by atoms with Crippen molar-refractivity contribution in [3.05, 3.63) is 0 Å². The molecule has 126 valence electrons. The number of ether oxygens (including phenoxy) is 1. The Hall–Kier alpha value is 0.0300. The maximum Gasteiger partial charge on any atom is 0.233 e. The van der Waals surface area contributed by atoms with Crippen molar-refractivity contribution in [2.24, 2.45) is 11.3 Å². The van der Waals surface area contributed by atoms with E-state index in [4.69, 9.17) is 4.74 Å². The first-order valence-corrected chi connectivity index (χ1v) is 8.68. The van der Waals surface area contributed by atoms with E-state index in [2.05, 4.69) is 31.4 Å². The minimum atomic E-state index is 0. The fourth-order valence-electron chi connectivity index (χ4n) is 2.76. The number of carbonyl (C=O) groups excluding carboxylic acids is 1. The third kappa shape index (κ3) is 6.76. The van der Waals surface area contributed by atoms with E-state index in [1.165, 1.54) is 0 Å². The summed E-state index contributed by atoms with van der Waals surface area (Å²) in [6, 6.07) is 0. The van der Waals surface area contributed by atoms with Gasteiger partial charge < -0.3 is 15.4 Å². The molecule has 1 fully saturated rings. The first-order valence-electron chi connectivity index (χ1n) is 7.63. The van der Waals surface area contributed by atoms with Crippen molar-refractivity contribution in [2.75, 3.05) is 39.1 Å². The number of nitrogens with one attached hydrogen (secondary N) is 2. The van der Waals surface area contributed by atoms with E-state index in [1.54, 1.807) is 18.9 Å². The Morgan fingerprint density at radius 2 is 2.00 bits per heavy atom. The molecule has 1 saturated heterocycles. The molecule has 1 atom stereocenters. The molecule has 0 aromatic heterocycles. The number of carbonyl (C=O) groups is 1. The number of piperidine rings is 1. The molecule has 1 aliphatic rings. The Bertz CT molecular complexity index is 292. The normalized spacial score (nSPS) is 18.9. The van der Waals surface area contributed by atoms with Crippen LogP contribution in [0.25, 0.3) is 0 Å². The highest BCUT2D eigenvalue weighted by Crippen LogP contribution is 2.28. The molecule has 1 heterocycles. The number of methoxy groups -OCH3 is 1. The van der Waals surface area contributed by atoms with Gasteiger partial charge in [0.1, 0.15) is 0 Å². The summed E-state index contributed by atoms with van der Waals surface area (Å²) in [7, 11) is 1.75. The maximum atomic E-state index is 12.4. The third-order valence-electron chi connectivity index (χ3n) is 3.96. The zero-order chi connectivity index (χ0) is 15.0. The highest BCUT2D eigenvalue weighted by molar-refractivity contribution is 8.00. The van der Waals surface area contributed by atoms with Gasteiger partial charge in [0.25, 0.3) is 0 Å². The highest BCUT2D eigenvalue weighted by atomic mass is 35.5. The van der Waals surface area contributed by atoms with Gasteiger partial charge in [0.15, 0.2) is 0 Å². The topological polar surface area (TPSA) is 50.4 Å². The minimum absolute atomic E-state index is 0. The predicted molar refractivity (Wildman–Crippen MR) is 93.4 cm³/mol. The van der Waals surface area contributed by atoms with E-state index in [-0.39, 0.29) is 29.0 Å². The molecule has 0 aromatic carbocycles. The molecule has 6 heteroatoms. The van der Waals surface area contributed by atoms with Crippen LogP contribution in [-0.4, -0.2) is 50.3 Å². The fraction of sp³-hybridized carbons (Fsp3) is 0.933. The first-order chi connectivity index (χ1) is 9.54. The lowest BCUT2D eigenvalue weighted by atomic mass is 9.79. The van der Waals surface area contributed by atoms with Crippen LogP contribution < -0.4 is 10.6 Å². The van der Waals surface area contributed by atoms with E-state index >= 15 is 0 Å². The van der Waals surface area contributed by atoms with Gasteiger partial charge in [0.05, 0.1) is 11.9 Å². The van der Waals surface area contributed by atoms with E-state index in [1.807, 2.05) is 0 Å². The van der Waals surface area contributed by atoms with E-state index in [0.29, 0.717) is 5.92 Å². The van der Waals surface area contributed by atoms with Gasteiger partial charge in [-0.05, 0) is 37.6 Å². The van der Waals surface area contributed by atoms with Crippen LogP contribution in [0.5, 0.6) is 0 Å². The first kappa shape index (κ1) is 21.0. The number of amides is 1. The zero-order valence-corrected chi connectivity index (χ0v) is 15.4. The van der Waals surface area contributed by atoms with Gasteiger partial charge in [-0.2, -0.15) is 0 Å². The lowest BCUT2D eigenvalue weighted by Crippen LogP contribution is -2.49. The Balaban J connectivity index is 0.00000400. The fourth-order valence-corrected chi connectivity index (χ4v) is 3.74. The largest absolute Gasteiger partial charge is 0.384 e. The Morgan fingerprint density at radius 1 is 1.38 bits per heavy atom. The maximum absolute atomic E-state index is 12.4. The second kappa shape index (κ2) is 10.7. The summed E-state index contributed by atoms with van der Waals surface area (Å²) in [6.07, 6.45) is 2.13. The summed E-state index contributed by atoms with van der Waals surface area (Å²) in [5, 5.41) is 6.61. The summed E-state index contributed by atoms with van der Waals surface area (Å²) in [4.78, 5) is 12.4. The molecule has 0 aromatic rings. The quantitative estimate of drug-likeness (QED) is 0.713. The molecular weight excluding hydrogens is 308 g/mol. The van der Waals surface area contributed by atoms with Crippen molar-refractivity contribution in [2.45, 2.75) is 38.9 Å². The molecule has 21 heavy (non-hydrogen) atoms. The van der Waals surface area contributed by atoms with Gasteiger partial charge in [-0.25, -0.2) is 0 Å². The van der Waals surface area contributed by atoms with Crippen molar-refractivity contribution in [1.82, 2.24) is 10.6 Å². The number of rotatable bonds is 8. The molecular formula is C15H31ClN2O2S. The van der Waals surface area contributed by atoms with Gasteiger partial charge in [0, 0.05) is 19.1 Å². The molecule has 0 saturated carbocycles. The molecule has 0 aliphatic carbocycles. The van der Waals surface area contributed by atoms with Crippen molar-refractivity contribution in [3.8, 4) is 0 Å². The molecule has 4 nitrogen and oxygen atoms in total. The molecule has 1 aliphatic heterocycles. The van der Waals surface area contributed by atoms with E-state index < -0.39 is 0 Å². The summed E-state index contributed by atoms with van der Waals surface area (Å²) in [6.45, 7) is 9.81. The number of hydrogen-bond acceptors (Lipinski definition) is 4. The van der Waals surface area contributed by atoms with Gasteiger partial charge in [-0.3, -0.25) is 4.79 Å². The summed E-state index contributed by atoms with van der Waals surface area (Å²) in [5.74, 6) is 1.52. The number of hydrogen-bond donors (Lipinski definition) is 2.